The Hall–Kier alpha value is -6.65. The molecule has 0 saturated carbocycles. The fraction of sp³-hybridized carbons (Fsp3) is 0. The largest absolute Gasteiger partial charge is 0.454 e. The van der Waals surface area contributed by atoms with Gasteiger partial charge in [0.05, 0.1) is 11.1 Å². The van der Waals surface area contributed by atoms with E-state index in [4.69, 9.17) is 13.8 Å². The summed E-state index contributed by atoms with van der Waals surface area (Å²) in [6.07, 6.45) is 0. The molecule has 2 heterocycles. The average Bonchev–Trinajstić information content (AvgIpc) is 3.78. The molecule has 0 saturated heterocycles. The Morgan fingerprint density at radius 2 is 1.08 bits per heavy atom. The van der Waals surface area contributed by atoms with Gasteiger partial charge in [0.1, 0.15) is 11.1 Å². The molecule has 10 rings (SSSR count). The fourth-order valence-electron chi connectivity index (χ4n) is 7.22. The summed E-state index contributed by atoms with van der Waals surface area (Å²) < 4.78 is 13.2. The van der Waals surface area contributed by atoms with Crippen molar-refractivity contribution in [2.45, 2.75) is 0 Å². The summed E-state index contributed by atoms with van der Waals surface area (Å²) >= 11 is 0. The van der Waals surface area contributed by atoms with Crippen LogP contribution in [0.5, 0.6) is 0 Å². The highest BCUT2D eigenvalue weighted by Crippen LogP contribution is 2.46. The number of para-hydroxylation sites is 2. The van der Waals surface area contributed by atoms with E-state index < -0.39 is 0 Å². The molecule has 0 atom stereocenters. The lowest BCUT2D eigenvalue weighted by Gasteiger charge is -2.25. The summed E-state index contributed by atoms with van der Waals surface area (Å²) in [6, 6.07) is 59.1. The van der Waals surface area contributed by atoms with Gasteiger partial charge in [-0.2, -0.15) is 0 Å². The molecule has 0 aliphatic heterocycles. The predicted molar refractivity (Wildman–Crippen MR) is 202 cm³/mol. The summed E-state index contributed by atoms with van der Waals surface area (Å²) in [6.45, 7) is 0. The maximum Gasteiger partial charge on any atom is 0.227 e. The SMILES string of the molecule is c1ccc(-c2nc3c(cc(N(c4ccccc4)c4ccc(-c5cc6ccccc6c6ccccc56)cc4)c4oc5ccccc5c43)o2)cc1. The Balaban J connectivity index is 1.20. The van der Waals surface area contributed by atoms with Crippen LogP contribution in [0.1, 0.15) is 0 Å². The third-order valence-corrected chi connectivity index (χ3v) is 9.47. The number of hydrogen-bond donors (Lipinski definition) is 0. The van der Waals surface area contributed by atoms with Crippen LogP contribution in [0.4, 0.5) is 17.1 Å². The average molecular weight is 629 g/mol. The molecule has 0 unspecified atom stereocenters. The van der Waals surface area contributed by atoms with E-state index in [2.05, 4.69) is 120 Å². The number of benzene rings is 8. The normalized spacial score (nSPS) is 11.7. The van der Waals surface area contributed by atoms with Crippen molar-refractivity contribution in [3.63, 3.8) is 0 Å². The number of nitrogens with zero attached hydrogens (tertiary/aromatic N) is 2. The summed E-state index contributed by atoms with van der Waals surface area (Å²) in [5.41, 5.74) is 9.25. The number of aromatic nitrogens is 1. The zero-order chi connectivity index (χ0) is 32.3. The molecule has 49 heavy (non-hydrogen) atoms. The van der Waals surface area contributed by atoms with E-state index in [-0.39, 0.29) is 0 Å². The monoisotopic (exact) mass is 628 g/mol. The summed E-state index contributed by atoms with van der Waals surface area (Å²) in [5.74, 6) is 0.581. The quantitative estimate of drug-likeness (QED) is 0.178. The minimum Gasteiger partial charge on any atom is -0.454 e. The highest BCUT2D eigenvalue weighted by molar-refractivity contribution is 6.21. The van der Waals surface area contributed by atoms with Crippen LogP contribution in [-0.2, 0) is 0 Å². The minimum absolute atomic E-state index is 0.581. The van der Waals surface area contributed by atoms with E-state index in [9.17, 15) is 0 Å². The third kappa shape index (κ3) is 4.42. The molecule has 4 nitrogen and oxygen atoms in total. The summed E-state index contributed by atoms with van der Waals surface area (Å²) in [5, 5.41) is 6.93. The van der Waals surface area contributed by atoms with Crippen LogP contribution in [-0.4, -0.2) is 4.98 Å². The van der Waals surface area contributed by atoms with Crippen molar-refractivity contribution in [3.05, 3.63) is 170 Å². The first kappa shape index (κ1) is 27.5. The van der Waals surface area contributed by atoms with Crippen molar-refractivity contribution >= 4 is 71.6 Å². The van der Waals surface area contributed by atoms with Crippen molar-refractivity contribution in [2.24, 2.45) is 0 Å². The van der Waals surface area contributed by atoms with Crippen molar-refractivity contribution in [3.8, 4) is 22.6 Å². The van der Waals surface area contributed by atoms with E-state index in [0.29, 0.717) is 11.5 Å². The molecule has 10 aromatic rings. The molecule has 0 fully saturated rings. The maximum atomic E-state index is 6.69. The first-order valence-corrected chi connectivity index (χ1v) is 16.5. The number of hydrogen-bond acceptors (Lipinski definition) is 4. The van der Waals surface area contributed by atoms with Gasteiger partial charge >= 0.3 is 0 Å². The number of fused-ring (bicyclic) bond motifs is 8. The molecule has 230 valence electrons. The van der Waals surface area contributed by atoms with E-state index in [1.54, 1.807) is 0 Å². The summed E-state index contributed by atoms with van der Waals surface area (Å²) in [7, 11) is 0. The van der Waals surface area contributed by atoms with Crippen LogP contribution in [0.2, 0.25) is 0 Å². The molecule has 0 aliphatic rings. The van der Waals surface area contributed by atoms with Gasteiger partial charge in [-0.3, -0.25) is 0 Å². The molecule has 0 spiro atoms. The van der Waals surface area contributed by atoms with Gasteiger partial charge in [-0.1, -0.05) is 115 Å². The molecule has 0 bridgehead atoms. The molecule has 0 aliphatic carbocycles. The molecular formula is C45H28N2O2. The highest BCUT2D eigenvalue weighted by atomic mass is 16.4. The van der Waals surface area contributed by atoms with Gasteiger partial charge in [0.25, 0.3) is 0 Å². The lowest BCUT2D eigenvalue weighted by Crippen LogP contribution is -2.10. The second kappa shape index (κ2) is 11.0. The number of furan rings is 1. The van der Waals surface area contributed by atoms with Gasteiger partial charge in [-0.25, -0.2) is 4.98 Å². The van der Waals surface area contributed by atoms with Crippen LogP contribution >= 0.6 is 0 Å². The van der Waals surface area contributed by atoms with Crippen LogP contribution in [0.15, 0.2) is 179 Å². The second-order valence-corrected chi connectivity index (χ2v) is 12.3. The molecular weight excluding hydrogens is 601 g/mol. The van der Waals surface area contributed by atoms with Crippen molar-refractivity contribution < 1.29 is 8.83 Å². The number of rotatable bonds is 5. The standard InChI is InChI=1S/C45H28N2O2/c1-3-13-30(14-4-1)45-46-43-41(49-45)28-39(44-42(43)37-21-11-12-22-40(37)48-44)47(32-16-5-2-6-17-32)33-25-23-29(24-26-33)38-27-31-15-7-8-18-34(31)35-19-9-10-20-36(35)38/h1-28H. The Morgan fingerprint density at radius 1 is 0.449 bits per heavy atom. The fourth-order valence-corrected chi connectivity index (χ4v) is 7.22. The topological polar surface area (TPSA) is 42.4 Å². The predicted octanol–water partition coefficient (Wildman–Crippen LogP) is 12.8. The Bertz CT molecular complexity index is 2820. The lowest BCUT2D eigenvalue weighted by atomic mass is 9.93. The zero-order valence-electron chi connectivity index (χ0n) is 26.4. The van der Waals surface area contributed by atoms with Crippen molar-refractivity contribution in [1.82, 2.24) is 4.98 Å². The van der Waals surface area contributed by atoms with Crippen LogP contribution in [0.3, 0.4) is 0 Å². The van der Waals surface area contributed by atoms with Gasteiger partial charge < -0.3 is 13.7 Å². The third-order valence-electron chi connectivity index (χ3n) is 9.47. The lowest BCUT2D eigenvalue weighted by molar-refractivity contribution is 0.619. The van der Waals surface area contributed by atoms with Gasteiger partial charge in [0.2, 0.25) is 5.89 Å². The molecule has 0 amide bonds. The molecule has 8 aromatic carbocycles. The van der Waals surface area contributed by atoms with E-state index in [1.807, 2.05) is 54.6 Å². The number of anilines is 3. The molecule has 2 aromatic heterocycles. The number of oxazole rings is 1. The van der Waals surface area contributed by atoms with E-state index in [0.717, 1.165) is 55.6 Å². The second-order valence-electron chi connectivity index (χ2n) is 12.3. The Kier molecular flexibility index (Phi) is 6.15. The first-order valence-electron chi connectivity index (χ1n) is 16.5. The smallest absolute Gasteiger partial charge is 0.227 e. The molecule has 4 heteroatoms. The van der Waals surface area contributed by atoms with E-state index >= 15 is 0 Å². The van der Waals surface area contributed by atoms with E-state index in [1.165, 1.54) is 27.1 Å². The van der Waals surface area contributed by atoms with Crippen molar-refractivity contribution in [2.75, 3.05) is 4.90 Å². The summed E-state index contributed by atoms with van der Waals surface area (Å²) in [4.78, 5) is 7.27. The van der Waals surface area contributed by atoms with Crippen LogP contribution in [0, 0.1) is 0 Å². The maximum absolute atomic E-state index is 6.69. The molecule has 0 radical (unpaired) electrons. The Morgan fingerprint density at radius 3 is 1.88 bits per heavy atom. The van der Waals surface area contributed by atoms with Gasteiger partial charge in [0.15, 0.2) is 11.2 Å². The van der Waals surface area contributed by atoms with Gasteiger partial charge in [-0.05, 0) is 81.2 Å². The minimum atomic E-state index is 0.581. The Labute approximate surface area is 282 Å². The van der Waals surface area contributed by atoms with Crippen LogP contribution < -0.4 is 4.90 Å². The molecule has 0 N–H and O–H groups in total. The van der Waals surface area contributed by atoms with Crippen LogP contribution in [0.25, 0.3) is 77.2 Å². The first-order chi connectivity index (χ1) is 24.3. The highest BCUT2D eigenvalue weighted by Gasteiger charge is 2.25. The van der Waals surface area contributed by atoms with Gasteiger partial charge in [-0.15, -0.1) is 0 Å². The van der Waals surface area contributed by atoms with Gasteiger partial charge in [0, 0.05) is 28.4 Å². The van der Waals surface area contributed by atoms with Crippen molar-refractivity contribution in [1.29, 1.82) is 0 Å². The zero-order valence-corrected chi connectivity index (χ0v) is 26.4.